The number of aliphatic hydroxyl groups excluding tert-OH is 1. The van der Waals surface area contributed by atoms with E-state index < -0.39 is 29.3 Å². The summed E-state index contributed by atoms with van der Waals surface area (Å²) < 4.78 is 19.0. The molecular weight excluding hydrogens is 395 g/mol. The van der Waals surface area contributed by atoms with Crippen LogP contribution in [0.1, 0.15) is 22.9 Å². The van der Waals surface area contributed by atoms with Crippen molar-refractivity contribution >= 4 is 28.8 Å². The number of aliphatic hydroxyl groups is 1. The molecule has 6 nitrogen and oxygen atoms in total. The van der Waals surface area contributed by atoms with Crippen molar-refractivity contribution in [2.75, 3.05) is 34.3 Å². The number of carbonyl (C=O) groups excluding carboxylic acids is 2. The van der Waals surface area contributed by atoms with Gasteiger partial charge in [-0.1, -0.05) is 6.07 Å². The first-order valence-corrected chi connectivity index (χ1v) is 10.0. The predicted molar refractivity (Wildman–Crippen MR) is 109 cm³/mol. The van der Waals surface area contributed by atoms with E-state index in [4.69, 9.17) is 4.74 Å². The maximum absolute atomic E-state index is 14.1. The highest BCUT2D eigenvalue weighted by atomic mass is 32.1. The molecule has 1 fully saturated rings. The van der Waals surface area contributed by atoms with E-state index in [1.165, 1.54) is 35.5 Å². The molecule has 154 valence electrons. The van der Waals surface area contributed by atoms with Gasteiger partial charge in [-0.15, -0.1) is 11.3 Å². The zero-order valence-electron chi connectivity index (χ0n) is 16.5. The topological polar surface area (TPSA) is 70.1 Å². The number of hydrogen-bond acceptors (Lipinski definition) is 6. The highest BCUT2D eigenvalue weighted by Gasteiger charge is 2.46. The number of hydrogen-bond donors (Lipinski definition) is 1. The molecule has 0 radical (unpaired) electrons. The number of benzene rings is 1. The quantitative estimate of drug-likeness (QED) is 0.425. The Morgan fingerprint density at radius 1 is 1.31 bits per heavy atom. The molecule has 1 aromatic carbocycles. The molecule has 2 heterocycles. The van der Waals surface area contributed by atoms with Gasteiger partial charge in [-0.05, 0) is 56.7 Å². The minimum atomic E-state index is -0.762. The lowest BCUT2D eigenvalue weighted by Crippen LogP contribution is -2.32. The van der Waals surface area contributed by atoms with Gasteiger partial charge >= 0.3 is 0 Å². The van der Waals surface area contributed by atoms with Gasteiger partial charge in [0.25, 0.3) is 11.7 Å². The molecule has 0 unspecified atom stereocenters. The van der Waals surface area contributed by atoms with E-state index in [2.05, 4.69) is 0 Å². The molecule has 0 spiro atoms. The summed E-state index contributed by atoms with van der Waals surface area (Å²) in [5.74, 6) is -2.44. The highest BCUT2D eigenvalue weighted by molar-refractivity contribution is 7.10. The van der Waals surface area contributed by atoms with Gasteiger partial charge in [0.05, 0.1) is 18.7 Å². The molecule has 8 heteroatoms. The number of methoxy groups -OCH3 is 1. The molecule has 3 rings (SSSR count). The van der Waals surface area contributed by atoms with Crippen molar-refractivity contribution < 1.29 is 23.8 Å². The summed E-state index contributed by atoms with van der Waals surface area (Å²) in [6.07, 6.45) is 0.680. The Morgan fingerprint density at radius 2 is 2.07 bits per heavy atom. The van der Waals surface area contributed by atoms with E-state index in [9.17, 15) is 19.1 Å². The average molecular weight is 418 g/mol. The van der Waals surface area contributed by atoms with Gasteiger partial charge in [0.15, 0.2) is 11.6 Å². The zero-order chi connectivity index (χ0) is 21.1. The normalized spacial score (nSPS) is 18.7. The molecule has 1 aliphatic heterocycles. The summed E-state index contributed by atoms with van der Waals surface area (Å²) >= 11 is 1.40. The fraction of sp³-hybridized carbons (Fsp3) is 0.333. The van der Waals surface area contributed by atoms with Crippen LogP contribution in [0.15, 0.2) is 41.3 Å². The van der Waals surface area contributed by atoms with Gasteiger partial charge in [-0.25, -0.2) is 4.39 Å². The smallest absolute Gasteiger partial charge is 0.295 e. The second kappa shape index (κ2) is 8.75. The van der Waals surface area contributed by atoms with E-state index in [-0.39, 0.29) is 16.9 Å². The van der Waals surface area contributed by atoms with E-state index in [1.54, 1.807) is 0 Å². The van der Waals surface area contributed by atoms with Gasteiger partial charge < -0.3 is 19.6 Å². The number of rotatable bonds is 7. The number of amides is 1. The molecule has 0 aliphatic carbocycles. The number of carbonyl (C=O) groups is 2. The highest BCUT2D eigenvalue weighted by Crippen LogP contribution is 2.41. The lowest BCUT2D eigenvalue weighted by atomic mass is 9.99. The molecule has 1 amide bonds. The van der Waals surface area contributed by atoms with Gasteiger partial charge in [0, 0.05) is 17.0 Å². The number of ketones is 1. The maximum Gasteiger partial charge on any atom is 0.295 e. The second-order valence-corrected chi connectivity index (χ2v) is 7.99. The zero-order valence-corrected chi connectivity index (χ0v) is 17.3. The first-order chi connectivity index (χ1) is 13.8. The van der Waals surface area contributed by atoms with Crippen molar-refractivity contribution in [1.82, 2.24) is 9.80 Å². The SMILES string of the molecule is COc1ccc(C(O)=C2C(=O)C(=O)N(CCCN(C)C)[C@H]2c2cccs2)cc1F. The summed E-state index contributed by atoms with van der Waals surface area (Å²) in [5, 5.41) is 12.7. The van der Waals surface area contributed by atoms with Gasteiger partial charge in [-0.3, -0.25) is 9.59 Å². The van der Waals surface area contributed by atoms with Crippen LogP contribution >= 0.6 is 11.3 Å². The first-order valence-electron chi connectivity index (χ1n) is 9.15. The average Bonchev–Trinajstić information content (AvgIpc) is 3.29. The number of halogens is 1. The summed E-state index contributed by atoms with van der Waals surface area (Å²) in [6, 6.07) is 6.89. The summed E-state index contributed by atoms with van der Waals surface area (Å²) in [6.45, 7) is 1.13. The van der Waals surface area contributed by atoms with Gasteiger partial charge in [0.2, 0.25) is 0 Å². The monoisotopic (exact) mass is 418 g/mol. The predicted octanol–water partition coefficient (Wildman–Crippen LogP) is 3.27. The van der Waals surface area contributed by atoms with E-state index in [0.717, 1.165) is 17.5 Å². The lowest BCUT2D eigenvalue weighted by Gasteiger charge is -2.24. The third-order valence-electron chi connectivity index (χ3n) is 4.78. The molecule has 1 aliphatic rings. The van der Waals surface area contributed by atoms with Crippen molar-refractivity contribution in [2.24, 2.45) is 0 Å². The Bertz CT molecular complexity index is 940. The van der Waals surface area contributed by atoms with Crippen LogP contribution in [0, 0.1) is 5.82 Å². The Kier molecular flexibility index (Phi) is 6.34. The number of Topliss-reactive ketones (excluding diaryl/α,β-unsaturated/α-hetero) is 1. The number of nitrogens with zero attached hydrogens (tertiary/aromatic N) is 2. The fourth-order valence-electron chi connectivity index (χ4n) is 3.38. The minimum Gasteiger partial charge on any atom is -0.507 e. The van der Waals surface area contributed by atoms with E-state index >= 15 is 0 Å². The van der Waals surface area contributed by atoms with Crippen molar-refractivity contribution in [2.45, 2.75) is 12.5 Å². The molecule has 1 saturated heterocycles. The van der Waals surface area contributed by atoms with Crippen molar-refractivity contribution in [3.63, 3.8) is 0 Å². The van der Waals surface area contributed by atoms with E-state index in [1.807, 2.05) is 36.5 Å². The number of ether oxygens (including phenoxy) is 1. The van der Waals surface area contributed by atoms with Crippen LogP contribution < -0.4 is 4.74 Å². The standard InChI is InChI=1S/C21H23FN2O4S/c1-23(2)9-5-10-24-18(16-6-4-11-29-16)17(20(26)21(24)27)19(25)13-7-8-15(28-3)14(22)12-13/h4,6-8,11-12,18,25H,5,9-10H2,1-3H3/t18-/m0/s1. The summed E-state index contributed by atoms with van der Waals surface area (Å²) in [7, 11) is 5.21. The third-order valence-corrected chi connectivity index (χ3v) is 5.71. The molecule has 2 aromatic rings. The van der Waals surface area contributed by atoms with E-state index in [0.29, 0.717) is 13.0 Å². The summed E-state index contributed by atoms with van der Waals surface area (Å²) in [4.78, 5) is 29.8. The Morgan fingerprint density at radius 3 is 2.66 bits per heavy atom. The third kappa shape index (κ3) is 4.18. The van der Waals surface area contributed by atoms with Crippen LogP contribution in [0.5, 0.6) is 5.75 Å². The molecule has 0 saturated carbocycles. The molecule has 0 bridgehead atoms. The molecule has 1 atom stereocenters. The Labute approximate surface area is 172 Å². The van der Waals surface area contributed by atoms with Crippen LogP contribution in [0.2, 0.25) is 0 Å². The largest absolute Gasteiger partial charge is 0.507 e. The summed E-state index contributed by atoms with van der Waals surface area (Å²) in [5.41, 5.74) is 0.100. The van der Waals surface area contributed by atoms with Crippen LogP contribution in [0.25, 0.3) is 5.76 Å². The van der Waals surface area contributed by atoms with Crippen LogP contribution in [-0.2, 0) is 9.59 Å². The van der Waals surface area contributed by atoms with Gasteiger partial charge in [-0.2, -0.15) is 0 Å². The van der Waals surface area contributed by atoms with Crippen molar-refractivity contribution in [3.05, 3.63) is 57.5 Å². The first kappa shape index (κ1) is 21.0. The lowest BCUT2D eigenvalue weighted by molar-refractivity contribution is -0.139. The van der Waals surface area contributed by atoms with Crippen LogP contribution in [0.4, 0.5) is 4.39 Å². The maximum atomic E-state index is 14.1. The molecule has 1 N–H and O–H groups in total. The number of likely N-dealkylation sites (tertiary alicyclic amines) is 1. The van der Waals surface area contributed by atoms with Crippen molar-refractivity contribution in [3.8, 4) is 5.75 Å². The van der Waals surface area contributed by atoms with Crippen LogP contribution in [-0.4, -0.2) is 60.9 Å². The molecule has 1 aromatic heterocycles. The molecular formula is C21H23FN2O4S. The molecule has 29 heavy (non-hydrogen) atoms. The minimum absolute atomic E-state index is 0.0214. The van der Waals surface area contributed by atoms with Crippen LogP contribution in [0.3, 0.4) is 0 Å². The van der Waals surface area contributed by atoms with Gasteiger partial charge in [0.1, 0.15) is 5.76 Å². The second-order valence-electron chi connectivity index (χ2n) is 7.01. The Balaban J connectivity index is 2.05. The fourth-order valence-corrected chi connectivity index (χ4v) is 4.23. The van der Waals surface area contributed by atoms with Crippen molar-refractivity contribution in [1.29, 1.82) is 0 Å². The Hall–Kier alpha value is -2.71. The number of thiophene rings is 1.